The smallest absolute Gasteiger partial charge is 0.0528 e. The molecule has 0 amide bonds. The maximum atomic E-state index is 2.77. The summed E-state index contributed by atoms with van der Waals surface area (Å²) in [6.45, 7) is 46.3. The van der Waals surface area contributed by atoms with Crippen molar-refractivity contribution >= 4 is 98.8 Å². The van der Waals surface area contributed by atoms with Crippen molar-refractivity contribution < 1.29 is 0 Å². The summed E-state index contributed by atoms with van der Waals surface area (Å²) in [7, 11) is 0. The Hall–Kier alpha value is -10.2. The summed E-state index contributed by atoms with van der Waals surface area (Å²) in [6.07, 6.45) is 6.65. The summed E-state index contributed by atoms with van der Waals surface area (Å²) in [5.41, 5.74) is 24.0. The highest BCUT2D eigenvalue weighted by Crippen LogP contribution is 2.74. The van der Waals surface area contributed by atoms with Crippen molar-refractivity contribution in [1.29, 1.82) is 0 Å². The zero-order valence-corrected chi connectivity index (χ0v) is 69.9. The van der Waals surface area contributed by atoms with Crippen LogP contribution in [0.15, 0.2) is 261 Å². The topological polar surface area (TPSA) is 9.72 Å². The van der Waals surface area contributed by atoms with Crippen molar-refractivity contribution in [2.45, 2.75) is 196 Å². The molecule has 113 heavy (non-hydrogen) atoms. The number of hydrogen-bond donors (Lipinski definition) is 0. The maximum absolute atomic E-state index is 2.77. The Kier molecular flexibility index (Phi) is 14.3. The Morgan fingerprint density at radius 1 is 0.212 bits per heavy atom. The average molecular weight is 1470 g/mol. The Balaban J connectivity index is 0.861. The van der Waals surface area contributed by atoms with Crippen molar-refractivity contribution in [3.63, 3.8) is 0 Å². The highest BCUT2D eigenvalue weighted by Gasteiger charge is 2.71. The lowest BCUT2D eigenvalue weighted by atomic mass is 9.45. The minimum absolute atomic E-state index is 0.00578. The van der Waals surface area contributed by atoms with Gasteiger partial charge in [0.25, 0.3) is 0 Å². The Morgan fingerprint density at radius 2 is 0.496 bits per heavy atom. The third kappa shape index (κ3) is 8.99. The minimum atomic E-state index is -0.218. The lowest BCUT2D eigenvalue weighted by Crippen LogP contribution is -2.65. The van der Waals surface area contributed by atoms with Gasteiger partial charge in [-0.25, -0.2) is 0 Å². The molecule has 15 aromatic carbocycles. The number of fused-ring (bicyclic) bond motifs is 15. The van der Waals surface area contributed by atoms with Crippen LogP contribution in [0.2, 0.25) is 0 Å². The molecule has 564 valence electrons. The first kappa shape index (κ1) is 70.6. The number of hydrogen-bond acceptors (Lipinski definition) is 3. The van der Waals surface area contributed by atoms with E-state index in [0.29, 0.717) is 0 Å². The SMILES string of the molecule is CC1(C)CC(C)(C)C2(C)c3cc(-c4ccc5c6c(-c7ccccc7)c7c8ccc(-c9ccc%10c(c9)C9(C)C(C)(C)CC(C)(C)CC9(C)N%10c9ccccc9)c9c(-c%10ccc%11c(c%10)C%10(C)C(C)(C)CC(C)(C)CC%10(C)N%11c%10ccccc%10)ccc(c7c(-c7ccccc7)c6c6cccc4c65)c98)ccc3N(c3ccccc3)C2(C)C1. The molecule has 3 heteroatoms. The van der Waals surface area contributed by atoms with Crippen molar-refractivity contribution in [3.8, 4) is 55.6 Å². The fourth-order valence-electron chi connectivity index (χ4n) is 28.5. The molecule has 3 heterocycles. The van der Waals surface area contributed by atoms with Gasteiger partial charge in [-0.2, -0.15) is 0 Å². The van der Waals surface area contributed by atoms with Gasteiger partial charge in [-0.15, -0.1) is 0 Å². The van der Waals surface area contributed by atoms with E-state index < -0.39 is 0 Å². The lowest BCUT2D eigenvalue weighted by Gasteiger charge is -2.62. The van der Waals surface area contributed by atoms with Crippen LogP contribution in [0.3, 0.4) is 0 Å². The molecule has 21 rings (SSSR count). The monoisotopic (exact) mass is 1470 g/mol. The molecule has 6 unspecified atom stereocenters. The molecule has 0 saturated heterocycles. The zero-order chi connectivity index (χ0) is 78.3. The average Bonchev–Trinajstić information content (AvgIpc) is 1.35. The molecule has 3 fully saturated rings. The van der Waals surface area contributed by atoms with Crippen molar-refractivity contribution in [1.82, 2.24) is 0 Å². The number of anilines is 6. The van der Waals surface area contributed by atoms with Crippen LogP contribution in [0.25, 0.3) is 120 Å². The van der Waals surface area contributed by atoms with E-state index in [2.05, 4.69) is 400 Å². The molecule has 3 nitrogen and oxygen atoms in total. The van der Waals surface area contributed by atoms with E-state index >= 15 is 0 Å². The van der Waals surface area contributed by atoms with Crippen LogP contribution in [0, 0.1) is 32.5 Å². The Bertz CT molecular complexity index is 6200. The molecule has 0 spiro atoms. The molecule has 3 aliphatic carbocycles. The van der Waals surface area contributed by atoms with Crippen LogP contribution in [-0.2, 0) is 16.2 Å². The van der Waals surface area contributed by atoms with Crippen molar-refractivity contribution in [2.24, 2.45) is 32.5 Å². The van der Waals surface area contributed by atoms with Gasteiger partial charge in [0, 0.05) is 50.4 Å². The van der Waals surface area contributed by atoms with Gasteiger partial charge in [0.2, 0.25) is 0 Å². The van der Waals surface area contributed by atoms with Crippen LogP contribution >= 0.6 is 0 Å². The van der Waals surface area contributed by atoms with Gasteiger partial charge in [0.15, 0.2) is 0 Å². The van der Waals surface area contributed by atoms with Gasteiger partial charge in [0.1, 0.15) is 0 Å². The van der Waals surface area contributed by atoms with E-state index in [-0.39, 0.29) is 65.4 Å². The molecule has 0 N–H and O–H groups in total. The summed E-state index contributed by atoms with van der Waals surface area (Å²) >= 11 is 0. The largest absolute Gasteiger partial charge is 0.334 e. The fourth-order valence-corrected chi connectivity index (χ4v) is 28.5. The van der Waals surface area contributed by atoms with Crippen LogP contribution < -0.4 is 14.7 Å². The van der Waals surface area contributed by atoms with Gasteiger partial charge in [-0.05, 0) is 302 Å². The van der Waals surface area contributed by atoms with Crippen LogP contribution in [-0.4, -0.2) is 16.6 Å². The van der Waals surface area contributed by atoms with E-state index in [9.17, 15) is 0 Å². The quantitative estimate of drug-likeness (QED) is 0.150. The van der Waals surface area contributed by atoms with E-state index in [1.807, 2.05) is 0 Å². The third-order valence-electron chi connectivity index (χ3n) is 32.2. The Labute approximate surface area is 670 Å². The van der Waals surface area contributed by atoms with E-state index in [0.717, 1.165) is 38.5 Å². The second kappa shape index (κ2) is 22.8. The number of benzene rings is 13. The normalized spacial score (nSPS) is 26.0. The van der Waals surface area contributed by atoms with Gasteiger partial charge < -0.3 is 14.7 Å². The third-order valence-corrected chi connectivity index (χ3v) is 32.2. The first-order valence-corrected chi connectivity index (χ1v) is 42.2. The van der Waals surface area contributed by atoms with Gasteiger partial charge >= 0.3 is 0 Å². The standard InChI is InChI=1S/C110H109N3/c1-99(2)62-102(7,8)108(16)84-59-70(47-56-87(84)111(105(108,13)65-99)73-39-28-21-29-40-73)76-50-53-81-92-79(76)45-34-46-80(92)95-90(68-35-24-19-25-36-68)97-82-54-51-77(71-48-57-88-85(60-71)109(17)103(9,10)63-100(3,4)66-106(109,14)112(88)74-41-30-22-31-42-74)93-78(52-55-83(94(82)93)98(97)91(96(81)95)69-37-26-20-27-38-69)72-49-58-89-86(61-72)110(18)104(11,12)64-101(5,6)67-107(110,15)113(89)75-43-32-23-33-44-75/h19-61H,62-67H2,1-18H3. The number of rotatable bonds is 8. The summed E-state index contributed by atoms with van der Waals surface area (Å²) in [5.74, 6) is 0. The number of nitrogens with zero attached hydrogens (tertiary/aromatic N) is 3. The van der Waals surface area contributed by atoms with E-state index in [4.69, 9.17) is 0 Å². The van der Waals surface area contributed by atoms with Crippen LogP contribution in [0.1, 0.15) is 180 Å². The first-order chi connectivity index (χ1) is 53.7. The highest BCUT2D eigenvalue weighted by atomic mass is 15.3. The molecule has 3 saturated carbocycles. The Morgan fingerprint density at radius 3 is 0.832 bits per heavy atom. The zero-order valence-electron chi connectivity index (χ0n) is 69.9. The second-order valence-corrected chi connectivity index (χ2v) is 41.6. The first-order valence-electron chi connectivity index (χ1n) is 42.2. The van der Waals surface area contributed by atoms with Crippen molar-refractivity contribution in [2.75, 3.05) is 14.7 Å². The van der Waals surface area contributed by atoms with Gasteiger partial charge in [0.05, 0.1) is 16.6 Å². The second-order valence-electron chi connectivity index (χ2n) is 41.6. The summed E-state index contributed by atoms with van der Waals surface area (Å²) in [6, 6.07) is 103. The molecular weight excluding hydrogens is 1360 g/mol. The molecule has 15 aromatic rings. The van der Waals surface area contributed by atoms with Gasteiger partial charge in [-0.1, -0.05) is 292 Å². The predicted molar refractivity (Wildman–Crippen MR) is 484 cm³/mol. The molecule has 0 radical (unpaired) electrons. The molecule has 6 atom stereocenters. The summed E-state index contributed by atoms with van der Waals surface area (Å²) < 4.78 is 0. The molecule has 0 aromatic heterocycles. The van der Waals surface area contributed by atoms with Crippen LogP contribution in [0.5, 0.6) is 0 Å². The maximum Gasteiger partial charge on any atom is 0.0528 e. The molecule has 0 bridgehead atoms. The van der Waals surface area contributed by atoms with Crippen molar-refractivity contribution in [3.05, 3.63) is 278 Å². The van der Waals surface area contributed by atoms with E-state index in [1.54, 1.807) is 0 Å². The minimum Gasteiger partial charge on any atom is -0.334 e. The van der Waals surface area contributed by atoms with Gasteiger partial charge in [-0.3, -0.25) is 0 Å². The fraction of sp³-hybridized carbons (Fsp3) is 0.327. The van der Waals surface area contributed by atoms with Crippen LogP contribution in [0.4, 0.5) is 34.1 Å². The predicted octanol–water partition coefficient (Wildman–Crippen LogP) is 30.9. The highest BCUT2D eigenvalue weighted by molar-refractivity contribution is 6.48. The van der Waals surface area contributed by atoms with E-state index in [1.165, 1.54) is 171 Å². The molecule has 6 aliphatic rings. The summed E-state index contributed by atoms with van der Waals surface area (Å²) in [4.78, 5) is 8.28. The molecular formula is C110H109N3. The molecule has 3 aliphatic heterocycles. The summed E-state index contributed by atoms with van der Waals surface area (Å²) in [5, 5.41) is 15.8. The number of para-hydroxylation sites is 3. The lowest BCUT2D eigenvalue weighted by molar-refractivity contribution is -0.0239.